The Hall–Kier alpha value is -1.94. The zero-order valence-electron chi connectivity index (χ0n) is 13.7. The molecule has 2 aromatic rings. The van der Waals surface area contributed by atoms with Gasteiger partial charge in [-0.3, -0.25) is 9.78 Å². The second kappa shape index (κ2) is 7.55. The lowest BCUT2D eigenvalue weighted by molar-refractivity contribution is 0.0432. The Kier molecular flexibility index (Phi) is 5.23. The van der Waals surface area contributed by atoms with E-state index in [-0.39, 0.29) is 5.91 Å². The Morgan fingerprint density at radius 1 is 1.26 bits per heavy atom. The number of likely N-dealkylation sites (tertiary alicyclic amines) is 1. The molecular formula is C19H24N2O2. The highest BCUT2D eigenvalue weighted by Crippen LogP contribution is 2.21. The van der Waals surface area contributed by atoms with Gasteiger partial charge < -0.3 is 9.64 Å². The molecule has 122 valence electrons. The molecule has 1 aromatic carbocycles. The van der Waals surface area contributed by atoms with Gasteiger partial charge in [-0.15, -0.1) is 0 Å². The lowest BCUT2D eigenvalue weighted by Gasteiger charge is -2.21. The summed E-state index contributed by atoms with van der Waals surface area (Å²) >= 11 is 0. The first-order valence-electron chi connectivity index (χ1n) is 8.54. The molecule has 1 amide bonds. The highest BCUT2D eigenvalue weighted by molar-refractivity contribution is 6.06. The van der Waals surface area contributed by atoms with Gasteiger partial charge in [0.25, 0.3) is 5.91 Å². The Balaban J connectivity index is 1.75. The van der Waals surface area contributed by atoms with Crippen LogP contribution in [0.2, 0.25) is 0 Å². The van der Waals surface area contributed by atoms with Crippen molar-refractivity contribution in [1.82, 2.24) is 9.88 Å². The van der Waals surface area contributed by atoms with E-state index < -0.39 is 0 Å². The topological polar surface area (TPSA) is 42.4 Å². The maximum Gasteiger partial charge on any atom is 0.254 e. The van der Waals surface area contributed by atoms with Crippen LogP contribution in [0.15, 0.2) is 36.5 Å². The normalized spacial score (nSPS) is 18.8. The van der Waals surface area contributed by atoms with Crippen LogP contribution in [0.25, 0.3) is 10.9 Å². The zero-order valence-corrected chi connectivity index (χ0v) is 13.7. The predicted molar refractivity (Wildman–Crippen MR) is 91.5 cm³/mol. The fourth-order valence-corrected chi connectivity index (χ4v) is 3.18. The van der Waals surface area contributed by atoms with Gasteiger partial charge in [-0.05, 0) is 43.9 Å². The molecular weight excluding hydrogens is 288 g/mol. The molecule has 23 heavy (non-hydrogen) atoms. The van der Waals surface area contributed by atoms with Crippen LogP contribution in [-0.4, -0.2) is 41.6 Å². The molecule has 0 bridgehead atoms. The molecule has 0 N–H and O–H groups in total. The van der Waals surface area contributed by atoms with Gasteiger partial charge in [0.15, 0.2) is 0 Å². The first-order chi connectivity index (χ1) is 11.3. The van der Waals surface area contributed by atoms with Crippen molar-refractivity contribution in [3.8, 4) is 0 Å². The number of ether oxygens (including phenoxy) is 1. The van der Waals surface area contributed by atoms with Gasteiger partial charge in [0.2, 0.25) is 0 Å². The fraction of sp³-hybridized carbons (Fsp3) is 0.474. The molecule has 1 atom stereocenters. The summed E-state index contributed by atoms with van der Waals surface area (Å²) < 4.78 is 5.87. The van der Waals surface area contributed by atoms with Gasteiger partial charge in [0, 0.05) is 36.8 Å². The van der Waals surface area contributed by atoms with E-state index in [9.17, 15) is 4.79 Å². The molecule has 1 unspecified atom stereocenters. The molecule has 0 spiro atoms. The second-order valence-electron chi connectivity index (χ2n) is 6.09. The van der Waals surface area contributed by atoms with Gasteiger partial charge in [-0.25, -0.2) is 0 Å². The Morgan fingerprint density at radius 3 is 3.04 bits per heavy atom. The maximum atomic E-state index is 12.9. The molecule has 0 aliphatic carbocycles. The van der Waals surface area contributed by atoms with E-state index in [0.29, 0.717) is 6.10 Å². The molecule has 4 nitrogen and oxygen atoms in total. The van der Waals surface area contributed by atoms with Crippen LogP contribution in [0.4, 0.5) is 0 Å². The summed E-state index contributed by atoms with van der Waals surface area (Å²) in [6.45, 7) is 4.51. The third kappa shape index (κ3) is 3.70. The van der Waals surface area contributed by atoms with E-state index >= 15 is 0 Å². The highest BCUT2D eigenvalue weighted by Gasteiger charge is 2.23. The van der Waals surface area contributed by atoms with Crippen molar-refractivity contribution >= 4 is 16.8 Å². The largest absolute Gasteiger partial charge is 0.378 e. The average Bonchev–Trinajstić information content (AvgIpc) is 2.84. The van der Waals surface area contributed by atoms with E-state index in [4.69, 9.17) is 4.74 Å². The van der Waals surface area contributed by atoms with Crippen LogP contribution in [0.1, 0.15) is 43.0 Å². The molecule has 2 heterocycles. The van der Waals surface area contributed by atoms with Gasteiger partial charge in [-0.1, -0.05) is 19.1 Å². The van der Waals surface area contributed by atoms with Crippen LogP contribution in [0.5, 0.6) is 0 Å². The van der Waals surface area contributed by atoms with Crippen molar-refractivity contribution in [2.75, 3.05) is 19.7 Å². The van der Waals surface area contributed by atoms with Crippen molar-refractivity contribution in [2.45, 2.75) is 38.7 Å². The third-order valence-electron chi connectivity index (χ3n) is 4.40. The minimum Gasteiger partial charge on any atom is -0.378 e. The van der Waals surface area contributed by atoms with E-state index in [1.807, 2.05) is 35.2 Å². The summed E-state index contributed by atoms with van der Waals surface area (Å²) in [5.74, 6) is 0.111. The molecule has 1 aromatic heterocycles. The molecule has 0 radical (unpaired) electrons. The number of amides is 1. The van der Waals surface area contributed by atoms with Gasteiger partial charge in [0.05, 0.1) is 11.6 Å². The molecule has 1 fully saturated rings. The SMILES string of the molecule is CCCOC1CCCN(C(=O)c2cccc3ncccc23)CC1. The fourth-order valence-electron chi connectivity index (χ4n) is 3.18. The van der Waals surface area contributed by atoms with Crippen molar-refractivity contribution in [2.24, 2.45) is 0 Å². The number of hydrogen-bond acceptors (Lipinski definition) is 3. The standard InChI is InChI=1S/C19H24N2O2/c1-2-14-23-15-6-5-12-21(13-10-15)19(22)17-7-3-9-18-16(17)8-4-11-20-18/h3-4,7-9,11,15H,2,5-6,10,12-14H2,1H3. The van der Waals surface area contributed by atoms with Crippen molar-refractivity contribution in [1.29, 1.82) is 0 Å². The third-order valence-corrected chi connectivity index (χ3v) is 4.40. The molecule has 1 saturated heterocycles. The lowest BCUT2D eigenvalue weighted by Crippen LogP contribution is -2.32. The molecule has 1 aliphatic rings. The van der Waals surface area contributed by atoms with Crippen molar-refractivity contribution in [3.05, 3.63) is 42.1 Å². The van der Waals surface area contributed by atoms with E-state index in [1.54, 1.807) is 6.20 Å². The molecule has 3 rings (SSSR count). The summed E-state index contributed by atoms with van der Waals surface area (Å²) in [4.78, 5) is 19.3. The summed E-state index contributed by atoms with van der Waals surface area (Å²) in [6, 6.07) is 9.62. The monoisotopic (exact) mass is 312 g/mol. The molecule has 0 saturated carbocycles. The van der Waals surface area contributed by atoms with Crippen LogP contribution in [0, 0.1) is 0 Å². The smallest absolute Gasteiger partial charge is 0.254 e. The van der Waals surface area contributed by atoms with Gasteiger partial charge >= 0.3 is 0 Å². The summed E-state index contributed by atoms with van der Waals surface area (Å²) in [7, 11) is 0. The predicted octanol–water partition coefficient (Wildman–Crippen LogP) is 3.66. The first-order valence-corrected chi connectivity index (χ1v) is 8.54. The Bertz CT molecular complexity index is 666. The number of hydrogen-bond donors (Lipinski definition) is 0. The molecule has 1 aliphatic heterocycles. The number of rotatable bonds is 4. The Morgan fingerprint density at radius 2 is 2.17 bits per heavy atom. The minimum atomic E-state index is 0.111. The van der Waals surface area contributed by atoms with Gasteiger partial charge in [-0.2, -0.15) is 0 Å². The van der Waals surface area contributed by atoms with Crippen LogP contribution in [-0.2, 0) is 4.74 Å². The average molecular weight is 312 g/mol. The lowest BCUT2D eigenvalue weighted by atomic mass is 10.1. The summed E-state index contributed by atoms with van der Waals surface area (Å²) in [5, 5.41) is 0.933. The number of nitrogens with zero attached hydrogens (tertiary/aromatic N) is 2. The van der Waals surface area contributed by atoms with Crippen LogP contribution < -0.4 is 0 Å². The van der Waals surface area contributed by atoms with E-state index in [1.165, 1.54) is 0 Å². The number of benzene rings is 1. The number of fused-ring (bicyclic) bond motifs is 1. The first kappa shape index (κ1) is 15.9. The highest BCUT2D eigenvalue weighted by atomic mass is 16.5. The molecule has 4 heteroatoms. The van der Waals surface area contributed by atoms with E-state index in [0.717, 1.165) is 61.8 Å². The van der Waals surface area contributed by atoms with Crippen LogP contribution >= 0.6 is 0 Å². The zero-order chi connectivity index (χ0) is 16.1. The van der Waals surface area contributed by atoms with Crippen LogP contribution in [0.3, 0.4) is 0 Å². The van der Waals surface area contributed by atoms with Crippen molar-refractivity contribution < 1.29 is 9.53 Å². The Labute approximate surface area is 137 Å². The number of aromatic nitrogens is 1. The number of carbonyl (C=O) groups excluding carboxylic acids is 1. The van der Waals surface area contributed by atoms with E-state index in [2.05, 4.69) is 11.9 Å². The summed E-state index contributed by atoms with van der Waals surface area (Å²) in [5.41, 5.74) is 1.63. The number of pyridine rings is 1. The maximum absolute atomic E-state index is 12.9. The second-order valence-corrected chi connectivity index (χ2v) is 6.09. The van der Waals surface area contributed by atoms with Gasteiger partial charge in [0.1, 0.15) is 0 Å². The van der Waals surface area contributed by atoms with Crippen molar-refractivity contribution in [3.63, 3.8) is 0 Å². The summed E-state index contributed by atoms with van der Waals surface area (Å²) in [6.07, 6.45) is 6.07. The quantitative estimate of drug-likeness (QED) is 0.865. The minimum absolute atomic E-state index is 0.111. The number of carbonyl (C=O) groups is 1.